The second-order valence-corrected chi connectivity index (χ2v) is 7.25. The van der Waals surface area contributed by atoms with Crippen LogP contribution in [0.2, 0.25) is 0 Å². The van der Waals surface area contributed by atoms with Crippen LogP contribution in [0.1, 0.15) is 29.9 Å². The van der Waals surface area contributed by atoms with E-state index in [0.29, 0.717) is 11.8 Å². The second-order valence-electron chi connectivity index (χ2n) is 6.28. The maximum Gasteiger partial charge on any atom is 0.0794 e. The van der Waals surface area contributed by atoms with E-state index in [4.69, 9.17) is 0 Å². The first-order valence-electron chi connectivity index (χ1n) is 7.77. The van der Waals surface area contributed by atoms with E-state index < -0.39 is 0 Å². The van der Waals surface area contributed by atoms with E-state index in [2.05, 4.69) is 55.3 Å². The molecule has 1 aromatic carbocycles. The molecular weight excluding hydrogens is 276 g/mol. The Balaban J connectivity index is 1.95. The quantitative estimate of drug-likeness (QED) is 0.794. The molecule has 0 spiro atoms. The van der Waals surface area contributed by atoms with Gasteiger partial charge in [-0.2, -0.15) is 0 Å². The van der Waals surface area contributed by atoms with Crippen molar-refractivity contribution < 1.29 is 0 Å². The first kappa shape index (κ1) is 16.2. The summed E-state index contributed by atoms with van der Waals surface area (Å²) in [6.45, 7) is 8.82. The van der Waals surface area contributed by atoms with E-state index in [9.17, 15) is 0 Å². The topological polar surface area (TPSA) is 24.9 Å². The van der Waals surface area contributed by atoms with Crippen LogP contribution >= 0.6 is 11.3 Å². The fourth-order valence-electron chi connectivity index (χ4n) is 2.48. The van der Waals surface area contributed by atoms with Gasteiger partial charge in [-0.05, 0) is 50.3 Å². The van der Waals surface area contributed by atoms with Gasteiger partial charge < -0.3 is 5.32 Å². The Hall–Kier alpha value is -1.19. The minimum absolute atomic E-state index is 0.631. The fourth-order valence-corrected chi connectivity index (χ4v) is 3.19. The molecule has 1 heterocycles. The molecule has 114 valence electrons. The summed E-state index contributed by atoms with van der Waals surface area (Å²) in [5.41, 5.74) is 4.69. The third kappa shape index (κ3) is 5.98. The fraction of sp³-hybridized carbons (Fsp3) is 0.500. The molecule has 0 aliphatic carbocycles. The number of aromatic nitrogens is 1. The van der Waals surface area contributed by atoms with Crippen LogP contribution in [0.15, 0.2) is 36.0 Å². The number of hydrogen-bond acceptors (Lipinski definition) is 3. The van der Waals surface area contributed by atoms with E-state index in [1.54, 1.807) is 11.3 Å². The Morgan fingerprint density at radius 3 is 2.48 bits per heavy atom. The van der Waals surface area contributed by atoms with Gasteiger partial charge in [0.2, 0.25) is 0 Å². The van der Waals surface area contributed by atoms with Crippen LogP contribution in [0.4, 0.5) is 0 Å². The summed E-state index contributed by atoms with van der Waals surface area (Å²) < 4.78 is 0. The predicted octanol–water partition coefficient (Wildman–Crippen LogP) is 4.10. The molecule has 21 heavy (non-hydrogen) atoms. The third-order valence-electron chi connectivity index (χ3n) is 3.60. The maximum atomic E-state index is 4.20. The minimum Gasteiger partial charge on any atom is -0.316 e. The predicted molar refractivity (Wildman–Crippen MR) is 91.9 cm³/mol. The third-order valence-corrected chi connectivity index (χ3v) is 4.41. The van der Waals surface area contributed by atoms with Gasteiger partial charge in [-0.1, -0.05) is 43.7 Å². The van der Waals surface area contributed by atoms with Crippen molar-refractivity contribution in [3.8, 4) is 0 Å². The summed E-state index contributed by atoms with van der Waals surface area (Å²) in [6.07, 6.45) is 4.25. The number of nitrogens with zero attached hydrogens (tertiary/aromatic N) is 1. The van der Waals surface area contributed by atoms with Gasteiger partial charge in [0.05, 0.1) is 5.51 Å². The molecule has 1 N–H and O–H groups in total. The molecule has 0 aliphatic rings. The molecule has 1 atom stereocenters. The van der Waals surface area contributed by atoms with Crippen molar-refractivity contribution in [2.75, 3.05) is 13.1 Å². The maximum absolute atomic E-state index is 4.20. The van der Waals surface area contributed by atoms with Crippen molar-refractivity contribution in [1.29, 1.82) is 0 Å². The summed E-state index contributed by atoms with van der Waals surface area (Å²) in [7, 11) is 0. The van der Waals surface area contributed by atoms with Crippen LogP contribution in [0, 0.1) is 18.8 Å². The molecule has 0 aliphatic heterocycles. The zero-order chi connectivity index (χ0) is 15.1. The van der Waals surface area contributed by atoms with Gasteiger partial charge in [0.25, 0.3) is 0 Å². The van der Waals surface area contributed by atoms with E-state index in [1.165, 1.54) is 16.0 Å². The standard InChI is InChI=1S/C18H26N2S/c1-14(2)10-19-11-17(9-18-12-20-13-21-18)8-16-6-4-15(3)5-7-16/h4-7,12-14,17,19H,8-11H2,1-3H3. The van der Waals surface area contributed by atoms with Crippen LogP contribution in [0.25, 0.3) is 0 Å². The number of benzene rings is 1. The van der Waals surface area contributed by atoms with Crippen LogP contribution < -0.4 is 5.32 Å². The molecule has 0 bridgehead atoms. The minimum atomic E-state index is 0.631. The van der Waals surface area contributed by atoms with Crippen molar-refractivity contribution in [2.45, 2.75) is 33.6 Å². The molecule has 1 unspecified atom stereocenters. The molecule has 0 fully saturated rings. The zero-order valence-electron chi connectivity index (χ0n) is 13.3. The van der Waals surface area contributed by atoms with Crippen molar-refractivity contribution in [3.05, 3.63) is 52.0 Å². The first-order valence-corrected chi connectivity index (χ1v) is 8.65. The van der Waals surface area contributed by atoms with E-state index in [1.807, 2.05) is 11.7 Å². The number of nitrogens with one attached hydrogen (secondary N) is 1. The van der Waals surface area contributed by atoms with Crippen molar-refractivity contribution >= 4 is 11.3 Å². The van der Waals surface area contributed by atoms with Crippen LogP contribution in [0.3, 0.4) is 0 Å². The molecule has 0 amide bonds. The van der Waals surface area contributed by atoms with Crippen LogP contribution in [-0.2, 0) is 12.8 Å². The molecule has 3 heteroatoms. The smallest absolute Gasteiger partial charge is 0.0794 e. The summed E-state index contributed by atoms with van der Waals surface area (Å²) in [5, 5.41) is 3.61. The highest BCUT2D eigenvalue weighted by Crippen LogP contribution is 2.17. The van der Waals surface area contributed by atoms with Gasteiger partial charge in [0.15, 0.2) is 0 Å². The second kappa shape index (κ2) is 8.30. The number of thiazole rings is 1. The lowest BCUT2D eigenvalue weighted by molar-refractivity contribution is 0.447. The largest absolute Gasteiger partial charge is 0.316 e. The van der Waals surface area contributed by atoms with E-state index in [0.717, 1.165) is 25.9 Å². The van der Waals surface area contributed by atoms with Gasteiger partial charge in [-0.3, -0.25) is 4.98 Å². The Kier molecular flexibility index (Phi) is 6.40. The number of hydrogen-bond donors (Lipinski definition) is 1. The molecule has 0 saturated carbocycles. The lowest BCUT2D eigenvalue weighted by atomic mass is 9.95. The summed E-state index contributed by atoms with van der Waals surface area (Å²) >= 11 is 1.77. The monoisotopic (exact) mass is 302 g/mol. The molecule has 2 aromatic rings. The highest BCUT2D eigenvalue weighted by Gasteiger charge is 2.12. The highest BCUT2D eigenvalue weighted by atomic mass is 32.1. The Morgan fingerprint density at radius 2 is 1.86 bits per heavy atom. The van der Waals surface area contributed by atoms with E-state index in [-0.39, 0.29) is 0 Å². The molecule has 0 radical (unpaired) electrons. The Bertz CT molecular complexity index is 503. The van der Waals surface area contributed by atoms with Crippen LogP contribution in [0.5, 0.6) is 0 Å². The van der Waals surface area contributed by atoms with Gasteiger partial charge in [-0.25, -0.2) is 0 Å². The van der Waals surface area contributed by atoms with E-state index >= 15 is 0 Å². The van der Waals surface area contributed by atoms with Crippen molar-refractivity contribution in [1.82, 2.24) is 10.3 Å². The van der Waals surface area contributed by atoms with Crippen molar-refractivity contribution in [2.24, 2.45) is 11.8 Å². The average molecular weight is 302 g/mol. The van der Waals surface area contributed by atoms with Gasteiger partial charge in [0.1, 0.15) is 0 Å². The van der Waals surface area contributed by atoms with Gasteiger partial charge >= 0.3 is 0 Å². The highest BCUT2D eigenvalue weighted by molar-refractivity contribution is 7.09. The van der Waals surface area contributed by atoms with Crippen molar-refractivity contribution in [3.63, 3.8) is 0 Å². The molecule has 0 saturated heterocycles. The summed E-state index contributed by atoms with van der Waals surface area (Å²) in [5.74, 6) is 1.33. The lowest BCUT2D eigenvalue weighted by Gasteiger charge is -2.18. The Morgan fingerprint density at radius 1 is 1.10 bits per heavy atom. The summed E-state index contributed by atoms with van der Waals surface area (Å²) in [6, 6.07) is 8.94. The number of aryl methyl sites for hydroxylation is 1. The molecule has 2 nitrogen and oxygen atoms in total. The first-order chi connectivity index (χ1) is 10.1. The number of rotatable bonds is 8. The average Bonchev–Trinajstić information content (AvgIpc) is 2.94. The molecule has 2 rings (SSSR count). The SMILES string of the molecule is Cc1ccc(CC(CNCC(C)C)Cc2cncs2)cc1. The van der Waals surface area contributed by atoms with Crippen LogP contribution in [-0.4, -0.2) is 18.1 Å². The molecular formula is C18H26N2S. The summed E-state index contributed by atoms with van der Waals surface area (Å²) in [4.78, 5) is 5.59. The zero-order valence-corrected chi connectivity index (χ0v) is 14.1. The lowest BCUT2D eigenvalue weighted by Crippen LogP contribution is -2.28. The Labute approximate surface area is 132 Å². The normalized spacial score (nSPS) is 12.8. The van der Waals surface area contributed by atoms with Gasteiger partial charge in [-0.15, -0.1) is 11.3 Å². The molecule has 1 aromatic heterocycles. The van der Waals surface area contributed by atoms with Gasteiger partial charge in [0, 0.05) is 11.1 Å².